The molecule has 0 radical (unpaired) electrons. The number of carbonyl (C=O) groups is 1. The fourth-order valence-electron chi connectivity index (χ4n) is 1.48. The number of urea groups is 1. The first-order chi connectivity index (χ1) is 8.38. The lowest BCUT2D eigenvalue weighted by Crippen LogP contribution is -2.38. The molecule has 1 aliphatic rings. The third-order valence-electron chi connectivity index (χ3n) is 2.76. The van der Waals surface area contributed by atoms with Gasteiger partial charge < -0.3 is 5.32 Å². The number of nitrogens with zero attached hydrogens (tertiary/aromatic N) is 1. The van der Waals surface area contributed by atoms with Crippen LogP contribution in [0, 0.1) is 0 Å². The fraction of sp³-hybridized carbons (Fsp3) is 0.364. The molecule has 6 nitrogen and oxygen atoms in total. The summed E-state index contributed by atoms with van der Waals surface area (Å²) < 4.78 is 22.2. The minimum absolute atomic E-state index is 0.0299. The van der Waals surface area contributed by atoms with Crippen molar-refractivity contribution in [3.8, 4) is 0 Å². The van der Waals surface area contributed by atoms with Gasteiger partial charge >= 0.3 is 6.03 Å². The molecule has 0 heterocycles. The van der Waals surface area contributed by atoms with Gasteiger partial charge in [0.15, 0.2) is 0 Å². The highest BCUT2D eigenvalue weighted by Gasteiger charge is 2.25. The fourth-order valence-corrected chi connectivity index (χ4v) is 1.99. The summed E-state index contributed by atoms with van der Waals surface area (Å²) in [6, 6.07) is 5.94. The lowest BCUT2D eigenvalue weighted by Gasteiger charge is -2.18. The minimum atomic E-state index is -3.69. The first kappa shape index (κ1) is 12.8. The molecule has 0 saturated heterocycles. The Balaban J connectivity index is 2.10. The van der Waals surface area contributed by atoms with Crippen LogP contribution in [0.5, 0.6) is 0 Å². The van der Waals surface area contributed by atoms with Crippen LogP contribution in [-0.2, 0) is 10.0 Å². The maximum Gasteiger partial charge on any atom is 0.321 e. The second-order valence-corrected chi connectivity index (χ2v) is 5.88. The van der Waals surface area contributed by atoms with E-state index in [1.807, 2.05) is 0 Å². The number of carbonyl (C=O) groups excluding carboxylic acids is 1. The molecule has 98 valence electrons. The third kappa shape index (κ3) is 2.99. The Kier molecular flexibility index (Phi) is 3.27. The highest BCUT2D eigenvalue weighted by molar-refractivity contribution is 7.89. The van der Waals surface area contributed by atoms with Gasteiger partial charge in [-0.25, -0.2) is 18.4 Å². The van der Waals surface area contributed by atoms with Crippen molar-refractivity contribution < 1.29 is 13.2 Å². The molecule has 1 aromatic rings. The van der Waals surface area contributed by atoms with E-state index in [1.165, 1.54) is 17.0 Å². The molecule has 1 fully saturated rings. The molecule has 0 unspecified atom stereocenters. The SMILES string of the molecule is CN(C(=O)NC1CC1)c1ccc(S(N)(=O)=O)cc1. The zero-order valence-electron chi connectivity index (χ0n) is 9.96. The summed E-state index contributed by atoms with van der Waals surface area (Å²) in [5, 5.41) is 7.84. The van der Waals surface area contributed by atoms with Gasteiger partial charge in [-0.1, -0.05) is 0 Å². The molecule has 0 atom stereocenters. The summed E-state index contributed by atoms with van der Waals surface area (Å²) in [5.74, 6) is 0. The Hall–Kier alpha value is -1.60. The summed E-state index contributed by atoms with van der Waals surface area (Å²) in [4.78, 5) is 13.2. The zero-order valence-corrected chi connectivity index (χ0v) is 10.8. The van der Waals surface area contributed by atoms with Crippen molar-refractivity contribution in [3.05, 3.63) is 24.3 Å². The number of rotatable bonds is 3. The second kappa shape index (κ2) is 4.58. The zero-order chi connectivity index (χ0) is 13.3. The molecule has 18 heavy (non-hydrogen) atoms. The van der Waals surface area contributed by atoms with Crippen molar-refractivity contribution in [2.45, 2.75) is 23.8 Å². The molecule has 1 saturated carbocycles. The van der Waals surface area contributed by atoms with Crippen LogP contribution in [0.1, 0.15) is 12.8 Å². The normalized spacial score (nSPS) is 15.2. The Morgan fingerprint density at radius 1 is 1.33 bits per heavy atom. The molecule has 1 aliphatic carbocycles. The Morgan fingerprint density at radius 3 is 2.33 bits per heavy atom. The van der Waals surface area contributed by atoms with Crippen LogP contribution in [0.4, 0.5) is 10.5 Å². The molecule has 2 amide bonds. The smallest absolute Gasteiger partial charge is 0.321 e. The molecule has 0 aromatic heterocycles. The van der Waals surface area contributed by atoms with Gasteiger partial charge in [-0.2, -0.15) is 0 Å². The molecule has 7 heteroatoms. The number of hydrogen-bond acceptors (Lipinski definition) is 3. The molecule has 0 aliphatic heterocycles. The van der Waals surface area contributed by atoms with E-state index < -0.39 is 10.0 Å². The minimum Gasteiger partial charge on any atom is -0.335 e. The first-order valence-corrected chi connectivity index (χ1v) is 7.09. The van der Waals surface area contributed by atoms with Crippen molar-refractivity contribution in [3.63, 3.8) is 0 Å². The van der Waals surface area contributed by atoms with Crippen LogP contribution in [0.2, 0.25) is 0 Å². The largest absolute Gasteiger partial charge is 0.335 e. The van der Waals surface area contributed by atoms with Crippen LogP contribution >= 0.6 is 0 Å². The number of primary sulfonamides is 1. The number of anilines is 1. The molecule has 3 N–H and O–H groups in total. The van der Waals surface area contributed by atoms with Crippen molar-refractivity contribution >= 4 is 21.7 Å². The van der Waals surface area contributed by atoms with Gasteiger partial charge in [-0.3, -0.25) is 4.90 Å². The quantitative estimate of drug-likeness (QED) is 0.843. The maximum absolute atomic E-state index is 11.7. The van der Waals surface area contributed by atoms with Crippen molar-refractivity contribution in [2.75, 3.05) is 11.9 Å². The summed E-state index contributed by atoms with van der Waals surface area (Å²) in [6.07, 6.45) is 2.04. The molecular weight excluding hydrogens is 254 g/mol. The second-order valence-electron chi connectivity index (χ2n) is 4.32. The molecule has 0 spiro atoms. The number of nitrogens with one attached hydrogen (secondary N) is 1. The summed E-state index contributed by atoms with van der Waals surface area (Å²) in [5.41, 5.74) is 0.612. The Morgan fingerprint density at radius 2 is 1.89 bits per heavy atom. The summed E-state index contributed by atoms with van der Waals surface area (Å²) in [6.45, 7) is 0. The van der Waals surface area contributed by atoms with Gasteiger partial charge in [-0.05, 0) is 37.1 Å². The van der Waals surface area contributed by atoms with Crippen LogP contribution in [0.25, 0.3) is 0 Å². The van der Waals surface area contributed by atoms with Gasteiger partial charge in [0.05, 0.1) is 4.90 Å². The number of nitrogens with two attached hydrogens (primary N) is 1. The predicted molar refractivity (Wildman–Crippen MR) is 67.8 cm³/mol. The Bertz CT molecular complexity index is 549. The molecule has 1 aromatic carbocycles. The van der Waals surface area contributed by atoms with Gasteiger partial charge in [0.25, 0.3) is 0 Å². The van der Waals surface area contributed by atoms with Crippen LogP contribution < -0.4 is 15.4 Å². The molecular formula is C11H15N3O3S. The van der Waals surface area contributed by atoms with Gasteiger partial charge in [0.2, 0.25) is 10.0 Å². The Labute approximate surface area is 106 Å². The van der Waals surface area contributed by atoms with Crippen LogP contribution in [0.3, 0.4) is 0 Å². The maximum atomic E-state index is 11.7. The summed E-state index contributed by atoms with van der Waals surface area (Å²) >= 11 is 0. The monoisotopic (exact) mass is 269 g/mol. The first-order valence-electron chi connectivity index (χ1n) is 5.55. The lowest BCUT2D eigenvalue weighted by atomic mass is 10.3. The van der Waals surface area contributed by atoms with E-state index in [0.29, 0.717) is 5.69 Å². The van der Waals surface area contributed by atoms with Gasteiger partial charge in [0, 0.05) is 18.8 Å². The third-order valence-corrected chi connectivity index (χ3v) is 3.69. The van der Waals surface area contributed by atoms with E-state index in [2.05, 4.69) is 5.32 Å². The molecule has 0 bridgehead atoms. The van der Waals surface area contributed by atoms with Crippen molar-refractivity contribution in [2.24, 2.45) is 5.14 Å². The standard InChI is InChI=1S/C11H15N3O3S/c1-14(11(15)13-8-2-3-8)9-4-6-10(7-5-9)18(12,16)17/h4-8H,2-3H2,1H3,(H,13,15)(H2,12,16,17). The van der Waals surface area contributed by atoms with Crippen LogP contribution in [-0.4, -0.2) is 27.5 Å². The summed E-state index contributed by atoms with van der Waals surface area (Å²) in [7, 11) is -2.06. The van der Waals surface area contributed by atoms with Gasteiger partial charge in [-0.15, -0.1) is 0 Å². The molecule has 2 rings (SSSR count). The number of benzene rings is 1. The number of sulfonamides is 1. The number of hydrogen-bond donors (Lipinski definition) is 2. The van der Waals surface area contributed by atoms with E-state index in [-0.39, 0.29) is 17.0 Å². The van der Waals surface area contributed by atoms with Crippen molar-refractivity contribution in [1.29, 1.82) is 0 Å². The average molecular weight is 269 g/mol. The highest BCUT2D eigenvalue weighted by atomic mass is 32.2. The van der Waals surface area contributed by atoms with Gasteiger partial charge in [0.1, 0.15) is 0 Å². The van der Waals surface area contributed by atoms with E-state index >= 15 is 0 Å². The lowest BCUT2D eigenvalue weighted by molar-refractivity contribution is 0.247. The van der Waals surface area contributed by atoms with E-state index in [0.717, 1.165) is 12.8 Å². The number of amides is 2. The van der Waals surface area contributed by atoms with Crippen LogP contribution in [0.15, 0.2) is 29.2 Å². The highest BCUT2D eigenvalue weighted by Crippen LogP contribution is 2.20. The van der Waals surface area contributed by atoms with E-state index in [1.54, 1.807) is 19.2 Å². The topological polar surface area (TPSA) is 92.5 Å². The predicted octanol–water partition coefficient (Wildman–Crippen LogP) is 0.642. The van der Waals surface area contributed by atoms with Crippen molar-refractivity contribution in [1.82, 2.24) is 5.32 Å². The van der Waals surface area contributed by atoms with E-state index in [4.69, 9.17) is 5.14 Å². The average Bonchev–Trinajstić information content (AvgIpc) is 3.11. The van der Waals surface area contributed by atoms with E-state index in [9.17, 15) is 13.2 Å².